The van der Waals surface area contributed by atoms with Crippen LogP contribution in [0, 0.1) is 0 Å². The Morgan fingerprint density at radius 3 is 2.60 bits per heavy atom. The van der Waals surface area contributed by atoms with Gasteiger partial charge in [-0.15, -0.1) is 5.10 Å². The number of hydrogen-bond acceptors (Lipinski definition) is 5. The summed E-state index contributed by atoms with van der Waals surface area (Å²) < 4.78 is 38.0. The molecule has 0 fully saturated rings. The van der Waals surface area contributed by atoms with E-state index < -0.39 is 23.3 Å². The van der Waals surface area contributed by atoms with Crippen LogP contribution in [-0.2, 0) is 6.18 Å². The molecule has 9 heteroatoms. The number of carbonyl (C=O) groups is 1. The maximum Gasteiger partial charge on any atom is 0.418 e. The van der Waals surface area contributed by atoms with E-state index in [4.69, 9.17) is 5.73 Å². The summed E-state index contributed by atoms with van der Waals surface area (Å²) >= 11 is 0. The maximum atomic E-state index is 12.7. The molecule has 0 spiro atoms. The molecular formula is C11H8F3N5O. The first kappa shape index (κ1) is 13.7. The lowest BCUT2D eigenvalue weighted by Crippen LogP contribution is -2.16. The van der Waals surface area contributed by atoms with E-state index in [-0.39, 0.29) is 11.5 Å². The zero-order valence-electron chi connectivity index (χ0n) is 9.85. The summed E-state index contributed by atoms with van der Waals surface area (Å²) in [4.78, 5) is 15.5. The highest BCUT2D eigenvalue weighted by Crippen LogP contribution is 2.34. The van der Waals surface area contributed by atoms with Gasteiger partial charge in [-0.25, -0.2) is 4.98 Å². The third-order valence-electron chi connectivity index (χ3n) is 2.33. The van der Waals surface area contributed by atoms with Crippen LogP contribution >= 0.6 is 0 Å². The molecule has 0 saturated heterocycles. The molecule has 104 valence electrons. The van der Waals surface area contributed by atoms with E-state index in [9.17, 15) is 18.0 Å². The average molecular weight is 283 g/mol. The zero-order valence-corrected chi connectivity index (χ0v) is 9.85. The summed E-state index contributed by atoms with van der Waals surface area (Å²) in [7, 11) is 0. The van der Waals surface area contributed by atoms with E-state index >= 15 is 0 Å². The maximum absolute atomic E-state index is 12.7. The lowest BCUT2D eigenvalue weighted by molar-refractivity contribution is -0.136. The van der Waals surface area contributed by atoms with Crippen molar-refractivity contribution in [2.24, 2.45) is 0 Å². The van der Waals surface area contributed by atoms with Crippen molar-refractivity contribution in [3.05, 3.63) is 41.7 Å². The molecule has 0 aliphatic heterocycles. The molecule has 1 aromatic heterocycles. The molecule has 1 amide bonds. The third kappa shape index (κ3) is 2.99. The van der Waals surface area contributed by atoms with Crippen LogP contribution in [0.4, 0.5) is 24.8 Å². The molecule has 0 aliphatic carbocycles. The van der Waals surface area contributed by atoms with Gasteiger partial charge >= 0.3 is 6.18 Å². The molecule has 0 saturated carbocycles. The van der Waals surface area contributed by atoms with E-state index in [0.717, 1.165) is 6.07 Å². The van der Waals surface area contributed by atoms with Gasteiger partial charge in [0.2, 0.25) is 5.95 Å². The van der Waals surface area contributed by atoms with Gasteiger partial charge in [0.25, 0.3) is 5.91 Å². The molecule has 20 heavy (non-hydrogen) atoms. The van der Waals surface area contributed by atoms with Gasteiger partial charge in [0.05, 0.1) is 18.0 Å². The van der Waals surface area contributed by atoms with Crippen LogP contribution < -0.4 is 11.1 Å². The Morgan fingerprint density at radius 1 is 1.25 bits per heavy atom. The van der Waals surface area contributed by atoms with E-state index in [2.05, 4.69) is 20.5 Å². The Bertz CT molecular complexity index is 630. The van der Waals surface area contributed by atoms with Crippen molar-refractivity contribution in [3.63, 3.8) is 0 Å². The summed E-state index contributed by atoms with van der Waals surface area (Å²) in [6.07, 6.45) is -2.06. The number of nitrogen functional groups attached to an aromatic ring is 1. The summed E-state index contributed by atoms with van der Waals surface area (Å²) in [5.41, 5.74) is 3.51. The largest absolute Gasteiger partial charge is 0.418 e. The first-order chi connectivity index (χ1) is 9.38. The molecular weight excluding hydrogens is 275 g/mol. The second-order valence-electron chi connectivity index (χ2n) is 3.72. The van der Waals surface area contributed by atoms with E-state index in [1.165, 1.54) is 18.5 Å². The molecule has 1 heterocycles. The van der Waals surface area contributed by atoms with E-state index in [0.29, 0.717) is 6.07 Å². The smallest absolute Gasteiger partial charge is 0.398 e. The third-order valence-corrected chi connectivity index (χ3v) is 2.33. The number of nitrogens with one attached hydrogen (secondary N) is 1. The Labute approximate surface area is 110 Å². The van der Waals surface area contributed by atoms with Crippen LogP contribution in [0.1, 0.15) is 15.9 Å². The zero-order chi connectivity index (χ0) is 14.8. The normalized spacial score (nSPS) is 11.2. The van der Waals surface area contributed by atoms with Crippen LogP contribution in [0.25, 0.3) is 0 Å². The molecule has 0 unspecified atom stereocenters. The van der Waals surface area contributed by atoms with Crippen LogP contribution in [0.15, 0.2) is 30.6 Å². The molecule has 3 N–H and O–H groups in total. The Morgan fingerprint density at radius 2 is 2.00 bits per heavy atom. The van der Waals surface area contributed by atoms with Crippen molar-refractivity contribution >= 4 is 17.5 Å². The van der Waals surface area contributed by atoms with Crippen molar-refractivity contribution in [2.45, 2.75) is 6.18 Å². The van der Waals surface area contributed by atoms with Crippen LogP contribution in [-0.4, -0.2) is 21.1 Å². The number of nitrogens with zero attached hydrogens (tertiary/aromatic N) is 3. The van der Waals surface area contributed by atoms with Gasteiger partial charge in [0.1, 0.15) is 0 Å². The number of anilines is 2. The molecule has 0 radical (unpaired) electrons. The van der Waals surface area contributed by atoms with Crippen molar-refractivity contribution < 1.29 is 18.0 Å². The summed E-state index contributed by atoms with van der Waals surface area (Å²) in [6, 6.07) is 2.86. The number of benzene rings is 1. The fraction of sp³-hybridized carbons (Fsp3) is 0.0909. The molecule has 1 aromatic carbocycles. The average Bonchev–Trinajstić information content (AvgIpc) is 2.39. The van der Waals surface area contributed by atoms with Gasteiger partial charge in [-0.2, -0.15) is 18.3 Å². The second-order valence-corrected chi connectivity index (χ2v) is 3.72. The van der Waals surface area contributed by atoms with Gasteiger partial charge in [0, 0.05) is 11.3 Å². The predicted octanol–water partition coefficient (Wildman–Crippen LogP) is 1.72. The number of alkyl halides is 3. The topological polar surface area (TPSA) is 93.8 Å². The summed E-state index contributed by atoms with van der Waals surface area (Å²) in [5.74, 6) is -0.897. The fourth-order valence-corrected chi connectivity index (χ4v) is 1.42. The Balaban J connectivity index is 2.27. The summed E-state index contributed by atoms with van der Waals surface area (Å²) in [5, 5.41) is 9.19. The quantitative estimate of drug-likeness (QED) is 0.818. The summed E-state index contributed by atoms with van der Waals surface area (Å²) in [6.45, 7) is 0. The highest BCUT2D eigenvalue weighted by Gasteiger charge is 2.33. The Kier molecular flexibility index (Phi) is 3.51. The number of rotatable bonds is 2. The second kappa shape index (κ2) is 5.11. The SMILES string of the molecule is Nc1ccc(C(=O)Nc2nccnn2)cc1C(F)(F)F. The lowest BCUT2D eigenvalue weighted by Gasteiger charge is -2.11. The number of carbonyl (C=O) groups excluding carboxylic acids is 1. The van der Waals surface area contributed by atoms with Gasteiger partial charge in [-0.1, -0.05) is 0 Å². The van der Waals surface area contributed by atoms with Gasteiger partial charge in [-0.05, 0) is 18.2 Å². The van der Waals surface area contributed by atoms with Crippen molar-refractivity contribution in [2.75, 3.05) is 11.1 Å². The van der Waals surface area contributed by atoms with Gasteiger partial charge < -0.3 is 5.73 Å². The number of aromatic nitrogens is 3. The molecule has 0 atom stereocenters. The Hall–Kier alpha value is -2.71. The van der Waals surface area contributed by atoms with Crippen LogP contribution in [0.5, 0.6) is 0 Å². The minimum absolute atomic E-state index is 0.108. The number of hydrogen-bond donors (Lipinski definition) is 2. The van der Waals surface area contributed by atoms with Crippen molar-refractivity contribution in [1.29, 1.82) is 0 Å². The molecule has 2 rings (SSSR count). The first-order valence-electron chi connectivity index (χ1n) is 5.29. The molecule has 0 aliphatic rings. The first-order valence-corrected chi connectivity index (χ1v) is 5.29. The van der Waals surface area contributed by atoms with Gasteiger partial charge in [0.15, 0.2) is 0 Å². The van der Waals surface area contributed by atoms with Crippen LogP contribution in [0.2, 0.25) is 0 Å². The van der Waals surface area contributed by atoms with Crippen molar-refractivity contribution in [1.82, 2.24) is 15.2 Å². The number of nitrogens with two attached hydrogens (primary N) is 1. The standard InChI is InChI=1S/C11H8F3N5O/c12-11(13,14)7-5-6(1-2-8(7)15)9(20)18-10-16-3-4-17-19-10/h1-5H,15H2,(H,16,18,19,20). The lowest BCUT2D eigenvalue weighted by atomic mass is 10.1. The number of halogens is 3. The van der Waals surface area contributed by atoms with Crippen LogP contribution in [0.3, 0.4) is 0 Å². The van der Waals surface area contributed by atoms with E-state index in [1.54, 1.807) is 0 Å². The number of amides is 1. The van der Waals surface area contributed by atoms with Gasteiger partial charge in [-0.3, -0.25) is 10.1 Å². The molecule has 6 nitrogen and oxygen atoms in total. The fourth-order valence-electron chi connectivity index (χ4n) is 1.42. The van der Waals surface area contributed by atoms with E-state index in [1.807, 2.05) is 0 Å². The predicted molar refractivity (Wildman–Crippen MR) is 63.6 cm³/mol. The molecule has 2 aromatic rings. The highest BCUT2D eigenvalue weighted by molar-refractivity contribution is 6.03. The monoisotopic (exact) mass is 283 g/mol. The van der Waals surface area contributed by atoms with Crippen molar-refractivity contribution in [3.8, 4) is 0 Å². The minimum atomic E-state index is -4.63. The highest BCUT2D eigenvalue weighted by atomic mass is 19.4. The minimum Gasteiger partial charge on any atom is -0.398 e. The molecule has 0 bridgehead atoms.